The smallest absolute Gasteiger partial charge is 0.286 e. The van der Waals surface area contributed by atoms with Crippen LogP contribution in [-0.2, 0) is 14.3 Å². The number of hydrogen-bond acceptors (Lipinski definition) is 7. The zero-order valence-corrected chi connectivity index (χ0v) is 22.1. The minimum absolute atomic E-state index is 0.0277. The van der Waals surface area contributed by atoms with Crippen molar-refractivity contribution >= 4 is 74.4 Å². The molecule has 6 rings (SSSR count). The SMILES string of the molecule is O=C1N=C(Nc2cc(NC(=O)C3CCC3)ccc2Cl)S/C1=C\c1ccc2nccc(N3CCOCC3)c2c1. The van der Waals surface area contributed by atoms with Crippen molar-refractivity contribution in [2.45, 2.75) is 19.3 Å². The van der Waals surface area contributed by atoms with E-state index >= 15 is 0 Å². The van der Waals surface area contributed by atoms with Crippen molar-refractivity contribution in [1.29, 1.82) is 0 Å². The fraction of sp³-hybridized carbons (Fsp3) is 0.286. The molecule has 1 aliphatic carbocycles. The Labute approximate surface area is 229 Å². The number of pyridine rings is 1. The molecule has 8 nitrogen and oxygen atoms in total. The minimum Gasteiger partial charge on any atom is -0.378 e. The Hall–Kier alpha value is -3.40. The molecule has 0 radical (unpaired) electrons. The van der Waals surface area contributed by atoms with Crippen molar-refractivity contribution < 1.29 is 14.3 Å². The van der Waals surface area contributed by atoms with Crippen molar-refractivity contribution in [3.8, 4) is 0 Å². The molecule has 0 atom stereocenters. The lowest BCUT2D eigenvalue weighted by Crippen LogP contribution is -2.36. The molecular weight excluding hydrogens is 522 g/mol. The van der Waals surface area contributed by atoms with E-state index in [1.165, 1.54) is 11.8 Å². The van der Waals surface area contributed by atoms with E-state index in [0.717, 1.165) is 54.5 Å². The average molecular weight is 548 g/mol. The molecule has 2 aromatic carbocycles. The largest absolute Gasteiger partial charge is 0.378 e. The van der Waals surface area contributed by atoms with E-state index < -0.39 is 0 Å². The van der Waals surface area contributed by atoms with Crippen LogP contribution in [0.5, 0.6) is 0 Å². The summed E-state index contributed by atoms with van der Waals surface area (Å²) < 4.78 is 5.50. The van der Waals surface area contributed by atoms with E-state index in [1.807, 2.05) is 30.5 Å². The van der Waals surface area contributed by atoms with E-state index in [-0.39, 0.29) is 17.7 Å². The molecule has 3 aromatic rings. The molecule has 3 aliphatic rings. The van der Waals surface area contributed by atoms with Gasteiger partial charge in [0.1, 0.15) is 0 Å². The summed E-state index contributed by atoms with van der Waals surface area (Å²) in [5.41, 5.74) is 4.14. The summed E-state index contributed by atoms with van der Waals surface area (Å²) in [6, 6.07) is 13.3. The first-order valence-electron chi connectivity index (χ1n) is 12.6. The van der Waals surface area contributed by atoms with Crippen LogP contribution in [0.2, 0.25) is 5.02 Å². The van der Waals surface area contributed by atoms with Gasteiger partial charge in [-0.05, 0) is 72.6 Å². The Morgan fingerprint density at radius 2 is 1.97 bits per heavy atom. The lowest BCUT2D eigenvalue weighted by atomic mass is 9.85. The number of ether oxygens (including phenoxy) is 1. The third-order valence-corrected chi connectivity index (χ3v) is 8.19. The summed E-state index contributed by atoms with van der Waals surface area (Å²) in [4.78, 5) is 36.6. The summed E-state index contributed by atoms with van der Waals surface area (Å²) in [5, 5.41) is 8.03. The number of rotatable bonds is 5. The van der Waals surface area contributed by atoms with E-state index in [9.17, 15) is 9.59 Å². The maximum absolute atomic E-state index is 12.7. The van der Waals surface area contributed by atoms with Gasteiger partial charge in [-0.3, -0.25) is 14.6 Å². The first kappa shape index (κ1) is 24.9. The molecule has 2 N–H and O–H groups in total. The Morgan fingerprint density at radius 1 is 1.13 bits per heavy atom. The van der Waals surface area contributed by atoms with Crippen LogP contribution in [-0.4, -0.2) is 48.3 Å². The number of carbonyl (C=O) groups is 2. The Bertz CT molecular complexity index is 1480. The molecule has 2 amide bonds. The molecule has 1 saturated carbocycles. The van der Waals surface area contributed by atoms with Gasteiger partial charge in [-0.1, -0.05) is 24.1 Å². The fourth-order valence-electron chi connectivity index (χ4n) is 4.66. The number of halogens is 1. The molecule has 194 valence electrons. The van der Waals surface area contributed by atoms with Gasteiger partial charge < -0.3 is 20.3 Å². The minimum atomic E-state index is -0.317. The molecule has 2 fully saturated rings. The van der Waals surface area contributed by atoms with Crippen molar-refractivity contribution in [3.05, 3.63) is 64.2 Å². The number of carbonyl (C=O) groups excluding carboxylic acids is 2. The number of aliphatic imine (C=N–C) groups is 1. The molecule has 0 spiro atoms. The third-order valence-electron chi connectivity index (χ3n) is 6.96. The lowest BCUT2D eigenvalue weighted by molar-refractivity contribution is -0.122. The van der Waals surface area contributed by atoms with Crippen LogP contribution in [0.4, 0.5) is 17.1 Å². The highest BCUT2D eigenvalue weighted by Gasteiger charge is 2.26. The zero-order chi connectivity index (χ0) is 26.1. The van der Waals surface area contributed by atoms with Gasteiger partial charge in [0.25, 0.3) is 5.91 Å². The number of hydrogen-bond donors (Lipinski definition) is 2. The quantitative estimate of drug-likeness (QED) is 0.404. The summed E-state index contributed by atoms with van der Waals surface area (Å²) in [6.07, 6.45) is 6.62. The first-order valence-corrected chi connectivity index (χ1v) is 13.8. The van der Waals surface area contributed by atoms with E-state index in [0.29, 0.717) is 39.7 Å². The molecule has 3 heterocycles. The monoisotopic (exact) mass is 547 g/mol. The van der Waals surface area contributed by atoms with Crippen molar-refractivity contribution in [2.24, 2.45) is 10.9 Å². The van der Waals surface area contributed by atoms with E-state index in [4.69, 9.17) is 16.3 Å². The predicted molar refractivity (Wildman–Crippen MR) is 154 cm³/mol. The van der Waals surface area contributed by atoms with Gasteiger partial charge >= 0.3 is 0 Å². The maximum atomic E-state index is 12.7. The highest BCUT2D eigenvalue weighted by Crippen LogP contribution is 2.34. The Kier molecular flexibility index (Phi) is 7.06. The van der Waals surface area contributed by atoms with Gasteiger partial charge in [0, 0.05) is 42.0 Å². The standard InChI is InChI=1S/C28H26ClN5O3S/c29-21-6-5-19(31-26(35)18-2-1-3-18)16-23(21)32-28-33-27(36)25(38-28)15-17-4-7-22-20(14-17)24(8-9-30-22)34-10-12-37-13-11-34/h4-9,14-16,18H,1-3,10-13H2,(H,31,35)(H,32,33,36)/b25-15-. The molecule has 0 unspecified atom stereocenters. The highest BCUT2D eigenvalue weighted by molar-refractivity contribution is 8.18. The van der Waals surface area contributed by atoms with Gasteiger partial charge in [-0.25, -0.2) is 0 Å². The molecule has 10 heteroatoms. The molecule has 1 saturated heterocycles. The van der Waals surface area contributed by atoms with E-state index in [1.54, 1.807) is 18.2 Å². The zero-order valence-electron chi connectivity index (χ0n) is 20.6. The van der Waals surface area contributed by atoms with Gasteiger partial charge in [-0.15, -0.1) is 0 Å². The van der Waals surface area contributed by atoms with E-state index in [2.05, 4.69) is 31.6 Å². The van der Waals surface area contributed by atoms with Gasteiger partial charge in [0.05, 0.1) is 34.3 Å². The number of amides is 2. The van der Waals surface area contributed by atoms with Crippen LogP contribution >= 0.6 is 23.4 Å². The molecule has 38 heavy (non-hydrogen) atoms. The van der Waals surface area contributed by atoms with Gasteiger partial charge in [0.15, 0.2) is 5.17 Å². The second-order valence-electron chi connectivity index (χ2n) is 9.48. The number of benzene rings is 2. The Morgan fingerprint density at radius 3 is 2.76 bits per heavy atom. The number of nitrogens with zero attached hydrogens (tertiary/aromatic N) is 3. The number of thioether (sulfide) groups is 1. The summed E-state index contributed by atoms with van der Waals surface area (Å²) in [7, 11) is 0. The number of nitrogens with one attached hydrogen (secondary N) is 2. The van der Waals surface area contributed by atoms with Crippen LogP contribution in [0.15, 0.2) is 58.6 Å². The van der Waals surface area contributed by atoms with Gasteiger partial charge in [-0.2, -0.15) is 4.99 Å². The highest BCUT2D eigenvalue weighted by atomic mass is 35.5. The summed E-state index contributed by atoms with van der Waals surface area (Å²) in [5.74, 6) is -0.208. The first-order chi connectivity index (χ1) is 18.5. The van der Waals surface area contributed by atoms with Gasteiger partial charge in [0.2, 0.25) is 5.91 Å². The van der Waals surface area contributed by atoms with Crippen molar-refractivity contribution in [1.82, 2.24) is 4.98 Å². The number of aromatic nitrogens is 1. The topological polar surface area (TPSA) is 95.9 Å². The summed E-state index contributed by atoms with van der Waals surface area (Å²) in [6.45, 7) is 3.06. The van der Waals surface area contributed by atoms with Crippen LogP contribution in [0.25, 0.3) is 17.0 Å². The molecule has 0 bridgehead atoms. The fourth-order valence-corrected chi connectivity index (χ4v) is 5.65. The lowest BCUT2D eigenvalue weighted by Gasteiger charge is -2.29. The number of fused-ring (bicyclic) bond motifs is 1. The average Bonchev–Trinajstić information content (AvgIpc) is 3.23. The third kappa shape index (κ3) is 5.27. The molecule has 2 aliphatic heterocycles. The number of morpholine rings is 1. The summed E-state index contributed by atoms with van der Waals surface area (Å²) >= 11 is 7.65. The second-order valence-corrected chi connectivity index (χ2v) is 10.9. The number of amidine groups is 1. The van der Waals surface area contributed by atoms with Crippen LogP contribution in [0.1, 0.15) is 24.8 Å². The van der Waals surface area contributed by atoms with Crippen LogP contribution < -0.4 is 15.5 Å². The van der Waals surface area contributed by atoms with Crippen molar-refractivity contribution in [3.63, 3.8) is 0 Å². The normalized spacial score (nSPS) is 19.0. The van der Waals surface area contributed by atoms with Crippen LogP contribution in [0.3, 0.4) is 0 Å². The van der Waals surface area contributed by atoms with Crippen molar-refractivity contribution in [2.75, 3.05) is 41.8 Å². The van der Waals surface area contributed by atoms with Crippen LogP contribution in [0, 0.1) is 5.92 Å². The molecule has 1 aromatic heterocycles. The molecular formula is C28H26ClN5O3S. The predicted octanol–water partition coefficient (Wildman–Crippen LogP) is 5.55. The maximum Gasteiger partial charge on any atom is 0.286 e. The Balaban J connectivity index is 1.19. The second kappa shape index (κ2) is 10.8. The number of anilines is 3.